The van der Waals surface area contributed by atoms with Crippen molar-refractivity contribution in [2.45, 2.75) is 13.3 Å². The third-order valence-corrected chi connectivity index (χ3v) is 1.55. The number of nitrogens with one attached hydrogen (secondary N) is 2. The summed E-state index contributed by atoms with van der Waals surface area (Å²) in [6, 6.07) is 0. The maximum absolute atomic E-state index is 11.1. The number of aromatic amines is 2. The average molecular weight is 198 g/mol. The Kier molecular flexibility index (Phi) is 3.22. The van der Waals surface area contributed by atoms with E-state index in [0.717, 1.165) is 0 Å². The lowest BCUT2D eigenvalue weighted by Gasteiger charge is -1.99. The highest BCUT2D eigenvalue weighted by molar-refractivity contribution is 5.88. The van der Waals surface area contributed by atoms with Gasteiger partial charge in [-0.25, -0.2) is 4.79 Å². The van der Waals surface area contributed by atoms with E-state index in [1.807, 2.05) is 0 Å². The van der Waals surface area contributed by atoms with Gasteiger partial charge in [0.15, 0.2) is 0 Å². The molecule has 0 amide bonds. The highest BCUT2D eigenvalue weighted by Crippen LogP contribution is 1.93. The van der Waals surface area contributed by atoms with Gasteiger partial charge < -0.3 is 9.84 Å². The largest absolute Gasteiger partial charge is 0.461 e. The van der Waals surface area contributed by atoms with Crippen molar-refractivity contribution in [2.75, 3.05) is 6.61 Å². The Morgan fingerprint density at radius 2 is 2.21 bits per heavy atom. The van der Waals surface area contributed by atoms with E-state index in [4.69, 9.17) is 0 Å². The van der Waals surface area contributed by atoms with Crippen molar-refractivity contribution in [1.82, 2.24) is 10.2 Å². The lowest BCUT2D eigenvalue weighted by Crippen LogP contribution is -2.16. The van der Waals surface area contributed by atoms with Crippen LogP contribution in [-0.4, -0.2) is 28.6 Å². The molecule has 76 valence electrons. The lowest BCUT2D eigenvalue weighted by atomic mass is 10.3. The summed E-state index contributed by atoms with van der Waals surface area (Å²) in [4.78, 5) is 32.6. The van der Waals surface area contributed by atoms with E-state index in [2.05, 4.69) is 14.9 Å². The summed E-state index contributed by atoms with van der Waals surface area (Å²) in [5, 5.41) is 4.57. The predicted molar refractivity (Wildman–Crippen MR) is 47.0 cm³/mol. The molecule has 0 radical (unpaired) electrons. The first-order chi connectivity index (χ1) is 6.61. The molecular formula is C8H10N2O4. The van der Waals surface area contributed by atoms with Crippen molar-refractivity contribution >= 4 is 11.8 Å². The van der Waals surface area contributed by atoms with Crippen LogP contribution in [0.2, 0.25) is 0 Å². The Bertz CT molecular complexity index is 390. The molecule has 6 heteroatoms. The zero-order valence-corrected chi connectivity index (χ0v) is 7.62. The van der Waals surface area contributed by atoms with Crippen LogP contribution in [0.1, 0.15) is 23.7 Å². The number of hydrogen-bond acceptors (Lipinski definition) is 4. The molecule has 0 spiro atoms. The predicted octanol–water partition coefficient (Wildman–Crippen LogP) is -0.161. The maximum atomic E-state index is 11.1. The minimum Gasteiger partial charge on any atom is -0.461 e. The minimum atomic E-state index is -0.728. The summed E-state index contributed by atoms with van der Waals surface area (Å²) >= 11 is 0. The molecule has 14 heavy (non-hydrogen) atoms. The SMILES string of the molecule is CC(=O)CCOC(=O)c1c[nH][nH]c1=O. The number of hydrogen-bond donors (Lipinski definition) is 2. The molecule has 0 aliphatic heterocycles. The van der Waals surface area contributed by atoms with E-state index in [-0.39, 0.29) is 24.4 Å². The van der Waals surface area contributed by atoms with Gasteiger partial charge in [0.25, 0.3) is 5.56 Å². The van der Waals surface area contributed by atoms with Gasteiger partial charge in [-0.1, -0.05) is 0 Å². The highest BCUT2D eigenvalue weighted by Gasteiger charge is 2.12. The minimum absolute atomic E-state index is 0.00120. The van der Waals surface area contributed by atoms with E-state index in [9.17, 15) is 14.4 Å². The lowest BCUT2D eigenvalue weighted by molar-refractivity contribution is -0.117. The number of ketones is 1. The third-order valence-electron chi connectivity index (χ3n) is 1.55. The molecule has 2 N–H and O–H groups in total. The van der Waals surface area contributed by atoms with Crippen LogP contribution in [-0.2, 0) is 9.53 Å². The number of esters is 1. The van der Waals surface area contributed by atoms with Gasteiger partial charge in [0.2, 0.25) is 0 Å². The topological polar surface area (TPSA) is 92.0 Å². The Labute approximate surface area is 79.3 Å². The highest BCUT2D eigenvalue weighted by atomic mass is 16.5. The molecule has 1 aromatic rings. The molecule has 0 fully saturated rings. The first-order valence-electron chi connectivity index (χ1n) is 4.04. The first kappa shape index (κ1) is 10.2. The van der Waals surface area contributed by atoms with Crippen LogP contribution >= 0.6 is 0 Å². The molecule has 0 unspecified atom stereocenters. The van der Waals surface area contributed by atoms with Gasteiger partial charge in [0, 0.05) is 12.6 Å². The molecule has 0 bridgehead atoms. The van der Waals surface area contributed by atoms with E-state index in [0.29, 0.717) is 0 Å². The van der Waals surface area contributed by atoms with Crippen molar-refractivity contribution in [2.24, 2.45) is 0 Å². The average Bonchev–Trinajstić information content (AvgIpc) is 2.50. The van der Waals surface area contributed by atoms with E-state index >= 15 is 0 Å². The Balaban J connectivity index is 2.48. The van der Waals surface area contributed by atoms with Gasteiger partial charge >= 0.3 is 5.97 Å². The first-order valence-corrected chi connectivity index (χ1v) is 4.04. The fraction of sp³-hybridized carbons (Fsp3) is 0.375. The zero-order valence-electron chi connectivity index (χ0n) is 7.62. The van der Waals surface area contributed by atoms with Crippen LogP contribution in [0.4, 0.5) is 0 Å². The molecule has 6 nitrogen and oxygen atoms in total. The zero-order chi connectivity index (χ0) is 10.6. The molecule has 1 rings (SSSR count). The van der Waals surface area contributed by atoms with Crippen LogP contribution in [0.25, 0.3) is 0 Å². The fourth-order valence-electron chi connectivity index (χ4n) is 0.824. The van der Waals surface area contributed by atoms with E-state index in [1.165, 1.54) is 13.1 Å². The summed E-state index contributed by atoms with van der Waals surface area (Å²) < 4.78 is 4.68. The number of H-pyrrole nitrogens is 2. The van der Waals surface area contributed by atoms with Crippen LogP contribution in [0, 0.1) is 0 Å². The Morgan fingerprint density at radius 1 is 1.50 bits per heavy atom. The normalized spacial score (nSPS) is 9.79. The van der Waals surface area contributed by atoms with Crippen LogP contribution in [0.5, 0.6) is 0 Å². The second-order valence-electron chi connectivity index (χ2n) is 2.74. The third kappa shape index (κ3) is 2.58. The number of carbonyl (C=O) groups is 2. The molecule has 0 saturated carbocycles. The summed E-state index contributed by atoms with van der Waals surface area (Å²) in [5.74, 6) is -0.797. The molecule has 1 aromatic heterocycles. The molecule has 0 aliphatic rings. The molecule has 1 heterocycles. The Hall–Kier alpha value is -1.85. The monoisotopic (exact) mass is 198 g/mol. The quantitative estimate of drug-likeness (QED) is 0.657. The van der Waals surface area contributed by atoms with Gasteiger partial charge in [-0.3, -0.25) is 14.7 Å². The standard InChI is InChI=1S/C8H10N2O4/c1-5(11)2-3-14-8(13)6-4-9-10-7(6)12/h4H,2-3H2,1H3,(H2,9,10,12). The van der Waals surface area contributed by atoms with E-state index < -0.39 is 11.5 Å². The Morgan fingerprint density at radius 3 is 2.71 bits per heavy atom. The second-order valence-corrected chi connectivity index (χ2v) is 2.74. The number of aromatic nitrogens is 2. The smallest absolute Gasteiger partial charge is 0.345 e. The summed E-state index contributed by atoms with van der Waals surface area (Å²) in [6.07, 6.45) is 1.38. The van der Waals surface area contributed by atoms with Gasteiger partial charge in [-0.05, 0) is 6.92 Å². The van der Waals surface area contributed by atoms with Gasteiger partial charge in [0.1, 0.15) is 11.3 Å². The fourth-order valence-corrected chi connectivity index (χ4v) is 0.824. The van der Waals surface area contributed by atoms with Gasteiger partial charge in [-0.15, -0.1) is 0 Å². The van der Waals surface area contributed by atoms with Crippen molar-refractivity contribution in [3.05, 3.63) is 22.1 Å². The summed E-state index contributed by atoms with van der Waals surface area (Å²) in [6.45, 7) is 1.40. The molecule has 0 aliphatic carbocycles. The molecular weight excluding hydrogens is 188 g/mol. The van der Waals surface area contributed by atoms with Crippen molar-refractivity contribution in [3.63, 3.8) is 0 Å². The summed E-state index contributed by atoms with van der Waals surface area (Å²) in [7, 11) is 0. The molecule has 0 atom stereocenters. The van der Waals surface area contributed by atoms with Crippen molar-refractivity contribution in [1.29, 1.82) is 0 Å². The van der Waals surface area contributed by atoms with Crippen LogP contribution < -0.4 is 5.56 Å². The van der Waals surface area contributed by atoms with Crippen LogP contribution in [0.3, 0.4) is 0 Å². The van der Waals surface area contributed by atoms with Crippen molar-refractivity contribution in [3.8, 4) is 0 Å². The molecule has 0 aromatic carbocycles. The van der Waals surface area contributed by atoms with Crippen LogP contribution in [0.15, 0.2) is 11.0 Å². The molecule has 0 saturated heterocycles. The number of carbonyl (C=O) groups excluding carboxylic acids is 2. The number of rotatable bonds is 4. The van der Waals surface area contributed by atoms with Gasteiger partial charge in [0.05, 0.1) is 6.61 Å². The second kappa shape index (κ2) is 4.40. The van der Waals surface area contributed by atoms with E-state index in [1.54, 1.807) is 0 Å². The maximum Gasteiger partial charge on any atom is 0.345 e. The number of ether oxygens (including phenoxy) is 1. The van der Waals surface area contributed by atoms with Crippen molar-refractivity contribution < 1.29 is 14.3 Å². The van der Waals surface area contributed by atoms with Gasteiger partial charge in [-0.2, -0.15) is 0 Å². The summed E-state index contributed by atoms with van der Waals surface area (Å²) in [5.41, 5.74) is -0.619. The number of Topliss-reactive ketones (excluding diaryl/α,β-unsaturated/α-hetero) is 1.